The van der Waals surface area contributed by atoms with Gasteiger partial charge in [0.15, 0.2) is 0 Å². The molecule has 0 saturated carbocycles. The lowest BCUT2D eigenvalue weighted by atomic mass is 10.0. The average molecular weight is 199 g/mol. The van der Waals surface area contributed by atoms with E-state index in [9.17, 15) is 0 Å². The molecule has 1 unspecified atom stereocenters. The molecule has 14 heavy (non-hydrogen) atoms. The molecule has 2 aliphatic rings. The monoisotopic (exact) mass is 199 g/mol. The Labute approximate surface area is 86.2 Å². The maximum atomic E-state index is 5.88. The van der Waals surface area contributed by atoms with Gasteiger partial charge in [0.1, 0.15) is 0 Å². The molecule has 2 aliphatic heterocycles. The second kappa shape index (κ2) is 4.60. The summed E-state index contributed by atoms with van der Waals surface area (Å²) < 4.78 is 11.2. The largest absolute Gasteiger partial charge is 0.378 e. The van der Waals surface area contributed by atoms with Crippen molar-refractivity contribution in [3.63, 3.8) is 0 Å². The molecule has 0 aromatic carbocycles. The van der Waals surface area contributed by atoms with E-state index < -0.39 is 0 Å². The van der Waals surface area contributed by atoms with Crippen LogP contribution in [-0.2, 0) is 9.47 Å². The van der Waals surface area contributed by atoms with Crippen LogP contribution in [0.15, 0.2) is 0 Å². The van der Waals surface area contributed by atoms with Gasteiger partial charge in [-0.3, -0.25) is 0 Å². The van der Waals surface area contributed by atoms with Crippen molar-refractivity contribution >= 4 is 0 Å². The summed E-state index contributed by atoms with van der Waals surface area (Å²) in [5.74, 6) is 1.39. The summed E-state index contributed by atoms with van der Waals surface area (Å²) in [7, 11) is 0. The second-order valence-corrected chi connectivity index (χ2v) is 4.88. The molecule has 82 valence electrons. The highest BCUT2D eigenvalue weighted by Gasteiger charge is 2.38. The van der Waals surface area contributed by atoms with Gasteiger partial charge in [-0.1, -0.05) is 13.8 Å². The minimum Gasteiger partial charge on any atom is -0.378 e. The van der Waals surface area contributed by atoms with Crippen LogP contribution in [-0.4, -0.2) is 38.5 Å². The van der Waals surface area contributed by atoms with E-state index in [0.29, 0.717) is 18.1 Å². The summed E-state index contributed by atoms with van der Waals surface area (Å²) in [6, 6.07) is 0. The molecule has 2 fully saturated rings. The van der Waals surface area contributed by atoms with Crippen molar-refractivity contribution in [2.45, 2.75) is 32.5 Å². The van der Waals surface area contributed by atoms with Crippen LogP contribution < -0.4 is 5.32 Å². The van der Waals surface area contributed by atoms with Crippen molar-refractivity contribution < 1.29 is 9.47 Å². The standard InChI is InChI=1S/C11H21NO2/c1-8(2)4-12-5-10-3-9-6-13-7-11(9)14-10/h8-12H,3-7H2,1-2H3/t9-,10?,11+/m1/s1. The van der Waals surface area contributed by atoms with E-state index in [0.717, 1.165) is 32.2 Å². The predicted molar refractivity (Wildman–Crippen MR) is 55.3 cm³/mol. The van der Waals surface area contributed by atoms with Crippen LogP contribution >= 0.6 is 0 Å². The van der Waals surface area contributed by atoms with Crippen molar-refractivity contribution in [2.75, 3.05) is 26.3 Å². The van der Waals surface area contributed by atoms with E-state index in [4.69, 9.17) is 9.47 Å². The van der Waals surface area contributed by atoms with Gasteiger partial charge in [0.2, 0.25) is 0 Å². The first-order valence-electron chi connectivity index (χ1n) is 5.69. The lowest BCUT2D eigenvalue weighted by molar-refractivity contribution is 0.0203. The summed E-state index contributed by atoms with van der Waals surface area (Å²) in [6.07, 6.45) is 1.99. The van der Waals surface area contributed by atoms with Crippen molar-refractivity contribution in [2.24, 2.45) is 11.8 Å². The van der Waals surface area contributed by atoms with Gasteiger partial charge in [-0.15, -0.1) is 0 Å². The van der Waals surface area contributed by atoms with Crippen molar-refractivity contribution in [1.82, 2.24) is 5.32 Å². The molecule has 3 atom stereocenters. The van der Waals surface area contributed by atoms with Gasteiger partial charge in [-0.2, -0.15) is 0 Å². The molecule has 0 amide bonds. The summed E-state index contributed by atoms with van der Waals surface area (Å²) >= 11 is 0. The topological polar surface area (TPSA) is 30.5 Å². The Morgan fingerprint density at radius 2 is 2.21 bits per heavy atom. The first-order valence-corrected chi connectivity index (χ1v) is 5.69. The Hall–Kier alpha value is -0.120. The van der Waals surface area contributed by atoms with E-state index in [2.05, 4.69) is 19.2 Å². The number of hydrogen-bond donors (Lipinski definition) is 1. The molecule has 0 spiro atoms. The minimum absolute atomic E-state index is 0.390. The molecule has 0 aliphatic carbocycles. The van der Waals surface area contributed by atoms with Crippen LogP contribution in [0.1, 0.15) is 20.3 Å². The highest BCUT2D eigenvalue weighted by Crippen LogP contribution is 2.30. The molecular weight excluding hydrogens is 178 g/mol. The van der Waals surface area contributed by atoms with E-state index in [-0.39, 0.29) is 0 Å². The molecule has 0 bridgehead atoms. The maximum absolute atomic E-state index is 5.88. The molecule has 0 aromatic heterocycles. The Kier molecular flexibility index (Phi) is 3.42. The Morgan fingerprint density at radius 3 is 2.93 bits per heavy atom. The molecular formula is C11H21NO2. The first kappa shape index (κ1) is 10.4. The highest BCUT2D eigenvalue weighted by atomic mass is 16.6. The summed E-state index contributed by atoms with van der Waals surface area (Å²) in [6.45, 7) is 8.27. The summed E-state index contributed by atoms with van der Waals surface area (Å²) in [5, 5.41) is 3.45. The number of rotatable bonds is 4. The van der Waals surface area contributed by atoms with Crippen molar-refractivity contribution in [1.29, 1.82) is 0 Å². The Bertz CT molecular complexity index is 172. The third-order valence-electron chi connectivity index (χ3n) is 3.00. The fourth-order valence-electron chi connectivity index (χ4n) is 2.25. The molecule has 3 nitrogen and oxygen atoms in total. The van der Waals surface area contributed by atoms with Gasteiger partial charge in [0.25, 0.3) is 0 Å². The van der Waals surface area contributed by atoms with Gasteiger partial charge in [0.05, 0.1) is 25.4 Å². The van der Waals surface area contributed by atoms with Crippen LogP contribution in [0.4, 0.5) is 0 Å². The quantitative estimate of drug-likeness (QED) is 0.733. The molecule has 2 saturated heterocycles. The zero-order valence-electron chi connectivity index (χ0n) is 9.16. The lowest BCUT2D eigenvalue weighted by Gasteiger charge is -2.14. The number of ether oxygens (including phenoxy) is 2. The van der Waals surface area contributed by atoms with Gasteiger partial charge in [-0.25, -0.2) is 0 Å². The van der Waals surface area contributed by atoms with Crippen LogP contribution in [0.25, 0.3) is 0 Å². The molecule has 1 N–H and O–H groups in total. The molecule has 0 radical (unpaired) electrons. The fourth-order valence-corrected chi connectivity index (χ4v) is 2.25. The predicted octanol–water partition coefficient (Wildman–Crippen LogP) is 1.04. The average Bonchev–Trinajstić information content (AvgIpc) is 2.62. The SMILES string of the molecule is CC(C)CNCC1C[C@@H]2COC[C@@H]2O1. The highest BCUT2D eigenvalue weighted by molar-refractivity contribution is 4.86. The second-order valence-electron chi connectivity index (χ2n) is 4.88. The lowest BCUT2D eigenvalue weighted by Crippen LogP contribution is -2.30. The first-order chi connectivity index (χ1) is 6.75. The molecule has 0 aromatic rings. The number of nitrogens with one attached hydrogen (secondary N) is 1. The normalized spacial score (nSPS) is 36.6. The Balaban J connectivity index is 1.64. The van der Waals surface area contributed by atoms with Crippen molar-refractivity contribution in [3.05, 3.63) is 0 Å². The van der Waals surface area contributed by atoms with Crippen LogP contribution in [0, 0.1) is 11.8 Å². The van der Waals surface area contributed by atoms with E-state index >= 15 is 0 Å². The number of fused-ring (bicyclic) bond motifs is 1. The minimum atomic E-state index is 0.390. The van der Waals surface area contributed by atoms with Gasteiger partial charge < -0.3 is 14.8 Å². The van der Waals surface area contributed by atoms with E-state index in [1.165, 1.54) is 6.42 Å². The Morgan fingerprint density at radius 1 is 1.36 bits per heavy atom. The van der Waals surface area contributed by atoms with E-state index in [1.807, 2.05) is 0 Å². The summed E-state index contributed by atoms with van der Waals surface area (Å²) in [4.78, 5) is 0. The van der Waals surface area contributed by atoms with Gasteiger partial charge >= 0.3 is 0 Å². The molecule has 2 heterocycles. The molecule has 2 rings (SSSR count). The maximum Gasteiger partial charge on any atom is 0.0863 e. The summed E-state index contributed by atoms with van der Waals surface area (Å²) in [5.41, 5.74) is 0. The van der Waals surface area contributed by atoms with Gasteiger partial charge in [0, 0.05) is 12.5 Å². The van der Waals surface area contributed by atoms with Crippen molar-refractivity contribution in [3.8, 4) is 0 Å². The van der Waals surface area contributed by atoms with Crippen LogP contribution in [0.2, 0.25) is 0 Å². The zero-order chi connectivity index (χ0) is 9.97. The smallest absolute Gasteiger partial charge is 0.0863 e. The molecule has 3 heteroatoms. The fraction of sp³-hybridized carbons (Fsp3) is 1.00. The van der Waals surface area contributed by atoms with Crippen LogP contribution in [0.3, 0.4) is 0 Å². The number of hydrogen-bond acceptors (Lipinski definition) is 3. The van der Waals surface area contributed by atoms with E-state index in [1.54, 1.807) is 0 Å². The van der Waals surface area contributed by atoms with Gasteiger partial charge in [-0.05, 0) is 18.9 Å². The zero-order valence-corrected chi connectivity index (χ0v) is 9.16. The third-order valence-corrected chi connectivity index (χ3v) is 3.00. The third kappa shape index (κ3) is 2.47. The van der Waals surface area contributed by atoms with Crippen LogP contribution in [0.5, 0.6) is 0 Å².